The Balaban J connectivity index is 1.82. The highest BCUT2D eigenvalue weighted by Crippen LogP contribution is 2.33. The first-order valence-electron chi connectivity index (χ1n) is 6.25. The van der Waals surface area contributed by atoms with Gasteiger partial charge in [-0.1, -0.05) is 11.3 Å². The molecule has 1 saturated heterocycles. The third-order valence-electron chi connectivity index (χ3n) is 3.26. The molecule has 1 unspecified atom stereocenters. The molecule has 1 aliphatic rings. The smallest absolute Gasteiger partial charge is 0.360 e. The molecule has 0 bridgehead atoms. The molecule has 1 aromatic rings. The monoisotopic (exact) mass is 294 g/mol. The second kappa shape index (κ2) is 5.62. The van der Waals surface area contributed by atoms with E-state index in [-0.39, 0.29) is 5.13 Å². The third kappa shape index (κ3) is 3.79. The fraction of sp³-hybridized carbons (Fsp3) is 0.818. The van der Waals surface area contributed by atoms with Gasteiger partial charge >= 0.3 is 6.18 Å². The first kappa shape index (κ1) is 14.5. The lowest BCUT2D eigenvalue weighted by molar-refractivity contribution is -0.138. The van der Waals surface area contributed by atoms with Gasteiger partial charge in [-0.25, -0.2) is 0 Å². The van der Waals surface area contributed by atoms with Gasteiger partial charge in [0.2, 0.25) is 10.1 Å². The van der Waals surface area contributed by atoms with E-state index in [1.165, 1.54) is 0 Å². The molecule has 0 radical (unpaired) electrons. The molecule has 0 aromatic carbocycles. The van der Waals surface area contributed by atoms with Crippen LogP contribution in [0.3, 0.4) is 0 Å². The number of likely N-dealkylation sites (tertiary alicyclic amines) is 1. The van der Waals surface area contributed by atoms with Gasteiger partial charge in [0.15, 0.2) is 0 Å². The molecular weight excluding hydrogens is 277 g/mol. The van der Waals surface area contributed by atoms with Gasteiger partial charge in [0, 0.05) is 19.1 Å². The van der Waals surface area contributed by atoms with Gasteiger partial charge in [0.1, 0.15) is 0 Å². The van der Waals surface area contributed by atoms with E-state index in [9.17, 15) is 13.2 Å². The van der Waals surface area contributed by atoms with E-state index in [1.807, 2.05) is 0 Å². The van der Waals surface area contributed by atoms with Crippen molar-refractivity contribution in [2.24, 2.45) is 5.92 Å². The maximum atomic E-state index is 12.4. The quantitative estimate of drug-likeness (QED) is 0.927. The van der Waals surface area contributed by atoms with Crippen LogP contribution in [0.4, 0.5) is 18.3 Å². The summed E-state index contributed by atoms with van der Waals surface area (Å²) in [5, 5.41) is 8.97. The zero-order valence-corrected chi connectivity index (χ0v) is 11.7. The summed E-state index contributed by atoms with van der Waals surface area (Å²) in [5.74, 6) is 0.459. The fourth-order valence-electron chi connectivity index (χ4n) is 2.14. The molecule has 1 N–H and O–H groups in total. The molecular formula is C11H17F3N4S. The number of nitrogens with zero attached hydrogens (tertiary/aromatic N) is 3. The second-order valence-electron chi connectivity index (χ2n) is 5.03. The number of aromatic nitrogens is 2. The third-order valence-corrected chi connectivity index (χ3v) is 4.18. The van der Waals surface area contributed by atoms with Crippen LogP contribution in [-0.2, 0) is 6.18 Å². The normalized spacial score (nSPS) is 21.3. The number of halogens is 3. The van der Waals surface area contributed by atoms with Crippen LogP contribution in [0.15, 0.2) is 0 Å². The summed E-state index contributed by atoms with van der Waals surface area (Å²) in [5.41, 5.74) is 0. The van der Waals surface area contributed by atoms with Gasteiger partial charge in [0.25, 0.3) is 0 Å². The van der Waals surface area contributed by atoms with Crippen LogP contribution in [-0.4, -0.2) is 40.8 Å². The lowest BCUT2D eigenvalue weighted by Crippen LogP contribution is -2.29. The Labute approximate surface area is 114 Å². The summed E-state index contributed by atoms with van der Waals surface area (Å²) < 4.78 is 37.1. The summed E-state index contributed by atoms with van der Waals surface area (Å²) in [6, 6.07) is 0.517. The average molecular weight is 294 g/mol. The summed E-state index contributed by atoms with van der Waals surface area (Å²) in [6.45, 7) is 6.98. The van der Waals surface area contributed by atoms with Crippen molar-refractivity contribution in [1.29, 1.82) is 0 Å². The number of hydrogen-bond acceptors (Lipinski definition) is 5. The topological polar surface area (TPSA) is 41.0 Å². The molecule has 1 aliphatic heterocycles. The van der Waals surface area contributed by atoms with Gasteiger partial charge < -0.3 is 10.2 Å². The predicted molar refractivity (Wildman–Crippen MR) is 68.2 cm³/mol. The van der Waals surface area contributed by atoms with Crippen LogP contribution in [0, 0.1) is 5.92 Å². The molecule has 1 aromatic heterocycles. The van der Waals surface area contributed by atoms with E-state index in [4.69, 9.17) is 0 Å². The standard InChI is InChI=1S/C11H17F3N4S/c1-7(2)18-4-3-8(6-18)5-15-10-17-16-9(19-10)11(12,13)14/h7-8H,3-6H2,1-2H3,(H,15,17). The Morgan fingerprint density at radius 1 is 1.42 bits per heavy atom. The molecule has 1 fully saturated rings. The van der Waals surface area contributed by atoms with Crippen LogP contribution >= 0.6 is 11.3 Å². The van der Waals surface area contributed by atoms with Crippen molar-refractivity contribution in [3.8, 4) is 0 Å². The molecule has 8 heteroatoms. The zero-order chi connectivity index (χ0) is 14.0. The fourth-order valence-corrected chi connectivity index (χ4v) is 2.76. The van der Waals surface area contributed by atoms with Crippen molar-refractivity contribution in [2.75, 3.05) is 25.0 Å². The van der Waals surface area contributed by atoms with E-state index in [0.717, 1.165) is 19.5 Å². The van der Waals surface area contributed by atoms with E-state index >= 15 is 0 Å². The highest BCUT2D eigenvalue weighted by atomic mass is 32.1. The number of rotatable bonds is 4. The van der Waals surface area contributed by atoms with Crippen LogP contribution in [0.5, 0.6) is 0 Å². The van der Waals surface area contributed by atoms with Crippen molar-refractivity contribution < 1.29 is 13.2 Å². The minimum atomic E-state index is -4.40. The van der Waals surface area contributed by atoms with Gasteiger partial charge in [-0.3, -0.25) is 0 Å². The minimum Gasteiger partial charge on any atom is -0.360 e. The molecule has 1 atom stereocenters. The van der Waals surface area contributed by atoms with E-state index in [0.29, 0.717) is 29.8 Å². The van der Waals surface area contributed by atoms with Crippen LogP contribution in [0.1, 0.15) is 25.3 Å². The van der Waals surface area contributed by atoms with Crippen molar-refractivity contribution in [3.05, 3.63) is 5.01 Å². The molecule has 0 spiro atoms. The predicted octanol–water partition coefficient (Wildman–Crippen LogP) is 2.70. The first-order valence-corrected chi connectivity index (χ1v) is 7.06. The van der Waals surface area contributed by atoms with Crippen LogP contribution < -0.4 is 5.32 Å². The Kier molecular flexibility index (Phi) is 4.29. The molecule has 4 nitrogen and oxygen atoms in total. The maximum absolute atomic E-state index is 12.4. The van der Waals surface area contributed by atoms with Crippen molar-refractivity contribution in [1.82, 2.24) is 15.1 Å². The van der Waals surface area contributed by atoms with Crippen molar-refractivity contribution in [2.45, 2.75) is 32.5 Å². The molecule has 0 amide bonds. The highest BCUT2D eigenvalue weighted by molar-refractivity contribution is 7.15. The van der Waals surface area contributed by atoms with Crippen molar-refractivity contribution in [3.63, 3.8) is 0 Å². The van der Waals surface area contributed by atoms with Crippen molar-refractivity contribution >= 4 is 16.5 Å². The molecule has 19 heavy (non-hydrogen) atoms. The Hall–Kier alpha value is -0.890. The van der Waals surface area contributed by atoms with E-state index in [2.05, 4.69) is 34.3 Å². The first-order chi connectivity index (χ1) is 8.86. The molecule has 2 heterocycles. The SMILES string of the molecule is CC(C)N1CCC(CNc2nnc(C(F)(F)F)s2)C1. The second-order valence-corrected chi connectivity index (χ2v) is 6.01. The summed E-state index contributed by atoms with van der Waals surface area (Å²) >= 11 is 0.558. The molecule has 108 valence electrons. The number of hydrogen-bond donors (Lipinski definition) is 1. The number of nitrogens with one attached hydrogen (secondary N) is 1. The largest absolute Gasteiger partial charge is 0.445 e. The number of anilines is 1. The van der Waals surface area contributed by atoms with Crippen LogP contribution in [0.25, 0.3) is 0 Å². The van der Waals surface area contributed by atoms with Crippen LogP contribution in [0.2, 0.25) is 0 Å². The van der Waals surface area contributed by atoms with Gasteiger partial charge in [0.05, 0.1) is 0 Å². The highest BCUT2D eigenvalue weighted by Gasteiger charge is 2.35. The Morgan fingerprint density at radius 2 is 2.16 bits per heavy atom. The Morgan fingerprint density at radius 3 is 2.68 bits per heavy atom. The maximum Gasteiger partial charge on any atom is 0.445 e. The summed E-state index contributed by atoms with van der Waals surface area (Å²) in [7, 11) is 0. The lowest BCUT2D eigenvalue weighted by atomic mass is 10.1. The molecule has 0 aliphatic carbocycles. The summed E-state index contributed by atoms with van der Waals surface area (Å²) in [6.07, 6.45) is -3.34. The molecule has 0 saturated carbocycles. The Bertz CT molecular complexity index is 418. The minimum absolute atomic E-state index is 0.246. The van der Waals surface area contributed by atoms with Gasteiger partial charge in [-0.2, -0.15) is 13.2 Å². The van der Waals surface area contributed by atoms with Gasteiger partial charge in [-0.05, 0) is 32.7 Å². The van der Waals surface area contributed by atoms with Gasteiger partial charge in [-0.15, -0.1) is 10.2 Å². The molecule has 2 rings (SSSR count). The lowest BCUT2D eigenvalue weighted by Gasteiger charge is -2.20. The van der Waals surface area contributed by atoms with E-state index < -0.39 is 11.2 Å². The summed E-state index contributed by atoms with van der Waals surface area (Å²) in [4.78, 5) is 2.37. The van der Waals surface area contributed by atoms with E-state index in [1.54, 1.807) is 0 Å². The number of alkyl halides is 3. The average Bonchev–Trinajstić information content (AvgIpc) is 2.95. The zero-order valence-electron chi connectivity index (χ0n) is 10.9.